The lowest BCUT2D eigenvalue weighted by Gasteiger charge is -2.06. The quantitative estimate of drug-likeness (QED) is 0.789. The van der Waals surface area contributed by atoms with Crippen molar-refractivity contribution in [3.8, 4) is 0 Å². The number of rotatable bonds is 5. The first-order valence-corrected chi connectivity index (χ1v) is 7.36. The number of nitrogens with zero attached hydrogens (tertiary/aromatic N) is 1. The van der Waals surface area contributed by atoms with Gasteiger partial charge in [0, 0.05) is 29.7 Å². The van der Waals surface area contributed by atoms with Gasteiger partial charge in [-0.15, -0.1) is 11.3 Å². The molecule has 0 spiro atoms. The van der Waals surface area contributed by atoms with Crippen LogP contribution in [-0.2, 0) is 11.3 Å². The molecule has 0 aliphatic rings. The zero-order valence-electron chi connectivity index (χ0n) is 11.6. The van der Waals surface area contributed by atoms with Crippen LogP contribution in [0.5, 0.6) is 0 Å². The zero-order valence-corrected chi connectivity index (χ0v) is 12.4. The SMILES string of the molecule is CCC(=O)Nc1ccc(NC(=O)c2csc(CN)n2)cc1. The molecule has 0 unspecified atom stereocenters. The van der Waals surface area contributed by atoms with Gasteiger partial charge in [-0.3, -0.25) is 9.59 Å². The average Bonchev–Trinajstić information content (AvgIpc) is 2.98. The number of nitrogens with two attached hydrogens (primary N) is 1. The summed E-state index contributed by atoms with van der Waals surface area (Å²) in [6.07, 6.45) is 0.422. The first-order valence-electron chi connectivity index (χ1n) is 6.48. The van der Waals surface area contributed by atoms with Gasteiger partial charge < -0.3 is 16.4 Å². The number of hydrogen-bond acceptors (Lipinski definition) is 5. The van der Waals surface area contributed by atoms with Crippen molar-refractivity contribution >= 4 is 34.5 Å². The minimum absolute atomic E-state index is 0.0522. The van der Waals surface area contributed by atoms with Gasteiger partial charge in [-0.1, -0.05) is 6.92 Å². The number of hydrogen-bond donors (Lipinski definition) is 3. The summed E-state index contributed by atoms with van der Waals surface area (Å²) in [7, 11) is 0. The molecular formula is C14H16N4O2S. The molecule has 4 N–H and O–H groups in total. The maximum atomic E-state index is 12.0. The molecule has 2 amide bonds. The molecule has 1 aromatic carbocycles. The molecule has 21 heavy (non-hydrogen) atoms. The summed E-state index contributed by atoms with van der Waals surface area (Å²) in [5.74, 6) is -0.333. The number of benzene rings is 1. The van der Waals surface area contributed by atoms with Crippen molar-refractivity contribution in [3.63, 3.8) is 0 Å². The monoisotopic (exact) mass is 304 g/mol. The summed E-state index contributed by atoms with van der Waals surface area (Å²) >= 11 is 1.36. The average molecular weight is 304 g/mol. The van der Waals surface area contributed by atoms with Crippen LogP contribution >= 0.6 is 11.3 Å². The number of nitrogens with one attached hydrogen (secondary N) is 2. The third-order valence-corrected chi connectivity index (χ3v) is 3.58. The van der Waals surface area contributed by atoms with E-state index >= 15 is 0 Å². The molecule has 1 heterocycles. The van der Waals surface area contributed by atoms with Gasteiger partial charge in [-0.05, 0) is 24.3 Å². The van der Waals surface area contributed by atoms with E-state index in [2.05, 4.69) is 15.6 Å². The predicted octanol–water partition coefficient (Wildman–Crippen LogP) is 2.20. The first-order chi connectivity index (χ1) is 10.1. The van der Waals surface area contributed by atoms with Crippen molar-refractivity contribution in [2.45, 2.75) is 19.9 Å². The predicted molar refractivity (Wildman–Crippen MR) is 83.3 cm³/mol. The van der Waals surface area contributed by atoms with Crippen LogP contribution in [-0.4, -0.2) is 16.8 Å². The normalized spacial score (nSPS) is 10.2. The Bertz CT molecular complexity index is 637. The van der Waals surface area contributed by atoms with Crippen LogP contribution in [0, 0.1) is 0 Å². The van der Waals surface area contributed by atoms with E-state index in [0.29, 0.717) is 30.0 Å². The molecule has 0 saturated carbocycles. The van der Waals surface area contributed by atoms with Gasteiger partial charge in [0.1, 0.15) is 10.7 Å². The Morgan fingerprint density at radius 2 is 1.81 bits per heavy atom. The molecule has 1 aromatic heterocycles. The Hall–Kier alpha value is -2.25. The fourth-order valence-electron chi connectivity index (χ4n) is 1.59. The Morgan fingerprint density at radius 1 is 1.19 bits per heavy atom. The summed E-state index contributed by atoms with van der Waals surface area (Å²) in [5, 5.41) is 7.87. The fraction of sp³-hybridized carbons (Fsp3) is 0.214. The van der Waals surface area contributed by atoms with Crippen molar-refractivity contribution in [1.29, 1.82) is 0 Å². The number of amides is 2. The van der Waals surface area contributed by atoms with Crippen molar-refractivity contribution in [1.82, 2.24) is 4.98 Å². The summed E-state index contributed by atoms with van der Waals surface area (Å²) in [5.41, 5.74) is 7.15. The molecule has 2 aromatic rings. The number of anilines is 2. The third-order valence-electron chi connectivity index (χ3n) is 2.71. The van der Waals surface area contributed by atoms with Crippen LogP contribution in [0.3, 0.4) is 0 Å². The standard InChI is InChI=1S/C14H16N4O2S/c1-2-12(19)16-9-3-5-10(6-4-9)17-14(20)11-8-21-13(7-15)18-11/h3-6,8H,2,7,15H2,1H3,(H,16,19)(H,17,20). The van der Waals surface area contributed by atoms with Gasteiger partial charge in [0.15, 0.2) is 0 Å². The maximum Gasteiger partial charge on any atom is 0.275 e. The molecule has 0 bridgehead atoms. The first kappa shape index (κ1) is 15.1. The lowest BCUT2D eigenvalue weighted by molar-refractivity contribution is -0.115. The number of aromatic nitrogens is 1. The molecule has 0 atom stereocenters. The van der Waals surface area contributed by atoms with Crippen LogP contribution in [0.4, 0.5) is 11.4 Å². The Balaban J connectivity index is 1.99. The van der Waals surface area contributed by atoms with E-state index in [9.17, 15) is 9.59 Å². The van der Waals surface area contributed by atoms with E-state index < -0.39 is 0 Å². The van der Waals surface area contributed by atoms with Gasteiger partial charge in [0.05, 0.1) is 0 Å². The molecule has 6 nitrogen and oxygen atoms in total. The van der Waals surface area contributed by atoms with Crippen molar-refractivity contribution in [2.75, 3.05) is 10.6 Å². The third kappa shape index (κ3) is 4.11. The van der Waals surface area contributed by atoms with E-state index in [1.165, 1.54) is 11.3 Å². The zero-order chi connectivity index (χ0) is 15.2. The second kappa shape index (κ2) is 6.96. The smallest absolute Gasteiger partial charge is 0.275 e. The molecule has 110 valence electrons. The van der Waals surface area contributed by atoms with Crippen molar-refractivity contribution in [3.05, 3.63) is 40.3 Å². The highest BCUT2D eigenvalue weighted by atomic mass is 32.1. The summed E-state index contributed by atoms with van der Waals surface area (Å²) in [6, 6.07) is 6.91. The Morgan fingerprint density at radius 3 is 2.33 bits per heavy atom. The summed E-state index contributed by atoms with van der Waals surface area (Å²) < 4.78 is 0. The minimum Gasteiger partial charge on any atom is -0.326 e. The number of carbonyl (C=O) groups is 2. The molecule has 0 aliphatic carbocycles. The van der Waals surface area contributed by atoms with Crippen LogP contribution < -0.4 is 16.4 Å². The van der Waals surface area contributed by atoms with Crippen molar-refractivity contribution < 1.29 is 9.59 Å². The van der Waals surface area contributed by atoms with E-state index in [1.54, 1.807) is 36.6 Å². The van der Waals surface area contributed by atoms with Gasteiger partial charge >= 0.3 is 0 Å². The molecule has 0 fully saturated rings. The van der Waals surface area contributed by atoms with Gasteiger partial charge in [0.2, 0.25) is 5.91 Å². The fourth-order valence-corrected chi connectivity index (χ4v) is 2.25. The lowest BCUT2D eigenvalue weighted by Crippen LogP contribution is -2.13. The molecule has 0 aliphatic heterocycles. The van der Waals surface area contributed by atoms with Crippen LogP contribution in [0.1, 0.15) is 28.8 Å². The molecule has 0 saturated heterocycles. The highest BCUT2D eigenvalue weighted by Crippen LogP contribution is 2.16. The molecule has 2 rings (SSSR count). The van der Waals surface area contributed by atoms with Gasteiger partial charge in [-0.25, -0.2) is 4.98 Å². The topological polar surface area (TPSA) is 97.1 Å². The second-order valence-corrected chi connectivity index (χ2v) is 5.21. The largest absolute Gasteiger partial charge is 0.326 e. The van der Waals surface area contributed by atoms with Crippen LogP contribution in [0.15, 0.2) is 29.6 Å². The summed E-state index contributed by atoms with van der Waals surface area (Å²) in [6.45, 7) is 2.11. The molecule has 0 radical (unpaired) electrons. The minimum atomic E-state index is -0.281. The number of carbonyl (C=O) groups excluding carboxylic acids is 2. The van der Waals surface area contributed by atoms with Crippen molar-refractivity contribution in [2.24, 2.45) is 5.73 Å². The van der Waals surface area contributed by atoms with Gasteiger partial charge in [-0.2, -0.15) is 0 Å². The highest BCUT2D eigenvalue weighted by Gasteiger charge is 2.10. The summed E-state index contributed by atoms with van der Waals surface area (Å²) in [4.78, 5) is 27.4. The van der Waals surface area contributed by atoms with Gasteiger partial charge in [0.25, 0.3) is 5.91 Å². The van der Waals surface area contributed by atoms with E-state index in [0.717, 1.165) is 5.01 Å². The van der Waals surface area contributed by atoms with Crippen LogP contribution in [0.2, 0.25) is 0 Å². The Kier molecular flexibility index (Phi) is 5.02. The molecular weight excluding hydrogens is 288 g/mol. The highest BCUT2D eigenvalue weighted by molar-refractivity contribution is 7.09. The van der Waals surface area contributed by atoms with E-state index in [1.807, 2.05) is 0 Å². The lowest BCUT2D eigenvalue weighted by atomic mass is 10.2. The number of thiazole rings is 1. The van der Waals surface area contributed by atoms with Crippen LogP contribution in [0.25, 0.3) is 0 Å². The van der Waals surface area contributed by atoms with E-state index in [4.69, 9.17) is 5.73 Å². The molecule has 7 heteroatoms. The van der Waals surface area contributed by atoms with E-state index in [-0.39, 0.29) is 11.8 Å². The Labute approximate surface area is 126 Å². The second-order valence-electron chi connectivity index (χ2n) is 4.26. The maximum absolute atomic E-state index is 12.0.